The van der Waals surface area contributed by atoms with Gasteiger partial charge in [0.25, 0.3) is 5.56 Å². The zero-order chi connectivity index (χ0) is 13.5. The van der Waals surface area contributed by atoms with Crippen molar-refractivity contribution in [2.24, 2.45) is 0 Å². The molecule has 4 nitrogen and oxygen atoms in total. The number of aromatic nitrogens is 2. The Morgan fingerprint density at radius 2 is 1.89 bits per heavy atom. The first-order valence-electron chi connectivity index (χ1n) is 5.68. The van der Waals surface area contributed by atoms with Gasteiger partial charge in [0.1, 0.15) is 5.69 Å². The van der Waals surface area contributed by atoms with E-state index >= 15 is 0 Å². The number of nitrogen functional groups attached to an aromatic ring is 1. The number of benzene rings is 1. The van der Waals surface area contributed by atoms with Crippen molar-refractivity contribution in [3.63, 3.8) is 0 Å². The van der Waals surface area contributed by atoms with Gasteiger partial charge in [-0.2, -0.15) is 0 Å². The van der Waals surface area contributed by atoms with Gasteiger partial charge in [-0.1, -0.05) is 44.5 Å². The molecule has 0 saturated carbocycles. The number of anilines is 1. The van der Waals surface area contributed by atoms with E-state index < -0.39 is 0 Å². The van der Waals surface area contributed by atoms with Crippen molar-refractivity contribution in [1.82, 2.24) is 9.78 Å². The molecule has 1 aromatic carbocycles. The van der Waals surface area contributed by atoms with Gasteiger partial charge < -0.3 is 5.73 Å². The highest BCUT2D eigenvalue weighted by Crippen LogP contribution is 2.25. The van der Waals surface area contributed by atoms with Crippen molar-refractivity contribution >= 4 is 17.3 Å². The molecule has 18 heavy (non-hydrogen) atoms. The van der Waals surface area contributed by atoms with Gasteiger partial charge in [-0.25, -0.2) is 4.68 Å². The lowest BCUT2D eigenvalue weighted by Gasteiger charge is -2.16. The van der Waals surface area contributed by atoms with Crippen LogP contribution in [0.4, 0.5) is 5.69 Å². The standard InChI is InChI=1S/C13H16ClN3O/c1-13(2,3)11-10(15)12(18)17(16-11)9-7-5-4-6-8(9)14/h4-7,16H,15H2,1-3H3. The number of halogens is 1. The first-order chi connectivity index (χ1) is 8.32. The maximum Gasteiger partial charge on any atom is 0.294 e. The number of hydrogen-bond donors (Lipinski definition) is 2. The molecule has 1 heterocycles. The van der Waals surface area contributed by atoms with E-state index in [1.165, 1.54) is 4.68 Å². The van der Waals surface area contributed by atoms with Crippen molar-refractivity contribution in [1.29, 1.82) is 0 Å². The molecular weight excluding hydrogens is 250 g/mol. The Morgan fingerprint density at radius 1 is 1.28 bits per heavy atom. The molecule has 0 atom stereocenters. The van der Waals surface area contributed by atoms with Crippen molar-refractivity contribution < 1.29 is 0 Å². The van der Waals surface area contributed by atoms with Gasteiger partial charge in [-0.3, -0.25) is 9.89 Å². The van der Waals surface area contributed by atoms with Crippen LogP contribution in [-0.2, 0) is 5.41 Å². The highest BCUT2D eigenvalue weighted by molar-refractivity contribution is 6.32. The zero-order valence-electron chi connectivity index (χ0n) is 10.6. The second kappa shape index (κ2) is 4.21. The van der Waals surface area contributed by atoms with Crippen LogP contribution in [0.5, 0.6) is 0 Å². The van der Waals surface area contributed by atoms with E-state index in [1.807, 2.05) is 32.9 Å². The fourth-order valence-electron chi connectivity index (χ4n) is 1.82. The third kappa shape index (κ3) is 2.04. The van der Waals surface area contributed by atoms with E-state index in [0.29, 0.717) is 16.4 Å². The van der Waals surface area contributed by atoms with Crippen molar-refractivity contribution in [2.75, 3.05) is 5.73 Å². The summed E-state index contributed by atoms with van der Waals surface area (Å²) in [6.07, 6.45) is 0. The Morgan fingerprint density at radius 3 is 2.39 bits per heavy atom. The third-order valence-corrected chi connectivity index (χ3v) is 3.09. The molecular formula is C13H16ClN3O. The summed E-state index contributed by atoms with van der Waals surface area (Å²) in [5, 5.41) is 3.54. The van der Waals surface area contributed by atoms with Crippen LogP contribution in [0.25, 0.3) is 5.69 Å². The molecule has 0 radical (unpaired) electrons. The largest absolute Gasteiger partial charge is 0.393 e. The summed E-state index contributed by atoms with van der Waals surface area (Å²) in [7, 11) is 0. The Bertz CT molecular complexity index is 634. The second-order valence-electron chi connectivity index (χ2n) is 5.24. The lowest BCUT2D eigenvalue weighted by molar-refractivity contribution is 0.562. The molecule has 0 spiro atoms. The summed E-state index contributed by atoms with van der Waals surface area (Å²) in [6.45, 7) is 5.97. The molecule has 5 heteroatoms. The number of nitrogens with one attached hydrogen (secondary N) is 1. The Balaban J connectivity index is 2.69. The Hall–Kier alpha value is -1.68. The van der Waals surface area contributed by atoms with Crippen LogP contribution < -0.4 is 11.3 Å². The lowest BCUT2D eigenvalue weighted by Crippen LogP contribution is -2.17. The van der Waals surface area contributed by atoms with Gasteiger partial charge in [0.15, 0.2) is 0 Å². The number of nitrogens with two attached hydrogens (primary N) is 1. The number of rotatable bonds is 1. The van der Waals surface area contributed by atoms with Crippen molar-refractivity contribution in [3.05, 3.63) is 45.3 Å². The van der Waals surface area contributed by atoms with Crippen LogP contribution in [0, 0.1) is 0 Å². The van der Waals surface area contributed by atoms with Crippen LogP contribution in [0.15, 0.2) is 29.1 Å². The molecule has 0 unspecified atom stereocenters. The highest BCUT2D eigenvalue weighted by atomic mass is 35.5. The molecule has 0 amide bonds. The van der Waals surface area contributed by atoms with Gasteiger partial charge >= 0.3 is 0 Å². The Labute approximate surface area is 110 Å². The SMILES string of the molecule is CC(C)(C)c1[nH]n(-c2ccccc2Cl)c(=O)c1N. The molecule has 0 aliphatic heterocycles. The molecule has 0 bridgehead atoms. The quantitative estimate of drug-likeness (QED) is 0.833. The van der Waals surface area contributed by atoms with Crippen LogP contribution in [0.3, 0.4) is 0 Å². The maximum absolute atomic E-state index is 12.1. The van der Waals surface area contributed by atoms with Crippen molar-refractivity contribution in [2.45, 2.75) is 26.2 Å². The van der Waals surface area contributed by atoms with E-state index in [-0.39, 0.29) is 16.7 Å². The predicted octanol–water partition coefficient (Wildman–Crippen LogP) is 2.70. The molecule has 96 valence electrons. The van der Waals surface area contributed by atoms with E-state index in [4.69, 9.17) is 17.3 Å². The average Bonchev–Trinajstić information content (AvgIpc) is 2.57. The van der Waals surface area contributed by atoms with Crippen LogP contribution >= 0.6 is 11.6 Å². The first-order valence-corrected chi connectivity index (χ1v) is 6.06. The number of H-pyrrole nitrogens is 1. The monoisotopic (exact) mass is 265 g/mol. The number of para-hydroxylation sites is 1. The second-order valence-corrected chi connectivity index (χ2v) is 5.65. The van der Waals surface area contributed by atoms with E-state index in [9.17, 15) is 4.79 Å². The normalized spacial score (nSPS) is 11.8. The number of hydrogen-bond acceptors (Lipinski definition) is 2. The zero-order valence-corrected chi connectivity index (χ0v) is 11.4. The van der Waals surface area contributed by atoms with E-state index in [2.05, 4.69) is 5.10 Å². The molecule has 2 aromatic rings. The number of aromatic amines is 1. The van der Waals surface area contributed by atoms with Crippen LogP contribution in [0.2, 0.25) is 5.02 Å². The van der Waals surface area contributed by atoms with Gasteiger partial charge in [0, 0.05) is 5.41 Å². The summed E-state index contributed by atoms with van der Waals surface area (Å²) in [4.78, 5) is 12.1. The summed E-state index contributed by atoms with van der Waals surface area (Å²) < 4.78 is 1.39. The topological polar surface area (TPSA) is 63.8 Å². The summed E-state index contributed by atoms with van der Waals surface area (Å²) in [6, 6.07) is 7.14. The first kappa shape index (κ1) is 12.8. The minimum absolute atomic E-state index is 0.226. The smallest absolute Gasteiger partial charge is 0.294 e. The van der Waals surface area contributed by atoms with Gasteiger partial charge in [-0.05, 0) is 12.1 Å². The summed E-state index contributed by atoms with van der Waals surface area (Å²) >= 11 is 6.09. The minimum Gasteiger partial charge on any atom is -0.393 e. The molecule has 3 N–H and O–H groups in total. The molecule has 0 aliphatic rings. The average molecular weight is 266 g/mol. The molecule has 0 saturated heterocycles. The molecule has 0 aliphatic carbocycles. The van der Waals surface area contributed by atoms with Crippen LogP contribution in [-0.4, -0.2) is 9.78 Å². The number of nitrogens with zero attached hydrogens (tertiary/aromatic N) is 1. The third-order valence-electron chi connectivity index (χ3n) is 2.77. The van der Waals surface area contributed by atoms with Gasteiger partial charge in [0.2, 0.25) is 0 Å². The summed E-state index contributed by atoms with van der Waals surface area (Å²) in [5.74, 6) is 0. The molecule has 1 aromatic heterocycles. The van der Waals surface area contributed by atoms with E-state index in [0.717, 1.165) is 0 Å². The Kier molecular flexibility index (Phi) is 2.99. The van der Waals surface area contributed by atoms with Crippen molar-refractivity contribution in [3.8, 4) is 5.69 Å². The van der Waals surface area contributed by atoms with Gasteiger partial charge in [0.05, 0.1) is 16.4 Å². The predicted molar refractivity (Wildman–Crippen MR) is 74.5 cm³/mol. The lowest BCUT2D eigenvalue weighted by atomic mass is 9.91. The minimum atomic E-state index is -0.270. The molecule has 0 fully saturated rings. The fourth-order valence-corrected chi connectivity index (χ4v) is 2.04. The maximum atomic E-state index is 12.1. The molecule has 2 rings (SSSR count). The summed E-state index contributed by atoms with van der Waals surface area (Å²) in [5.41, 5.74) is 6.93. The fraction of sp³-hybridized carbons (Fsp3) is 0.308. The van der Waals surface area contributed by atoms with Crippen LogP contribution in [0.1, 0.15) is 26.5 Å². The van der Waals surface area contributed by atoms with E-state index in [1.54, 1.807) is 12.1 Å². The van der Waals surface area contributed by atoms with Gasteiger partial charge in [-0.15, -0.1) is 0 Å². The highest BCUT2D eigenvalue weighted by Gasteiger charge is 2.23.